The van der Waals surface area contributed by atoms with E-state index in [1.165, 1.54) is 6.07 Å². The summed E-state index contributed by atoms with van der Waals surface area (Å²) in [5, 5.41) is 8.22. The maximum absolute atomic E-state index is 12.3. The minimum atomic E-state index is -4.66. The summed E-state index contributed by atoms with van der Waals surface area (Å²) < 4.78 is 41.5. The average Bonchev–Trinajstić information content (AvgIpc) is 2.25. The van der Waals surface area contributed by atoms with Gasteiger partial charge in [0.05, 0.1) is 24.2 Å². The van der Waals surface area contributed by atoms with Crippen molar-refractivity contribution in [3.63, 3.8) is 0 Å². The lowest BCUT2D eigenvalue weighted by molar-refractivity contribution is -0.114. The highest BCUT2D eigenvalue weighted by molar-refractivity contribution is 7.94. The normalized spacial score (nSPS) is 12.1. The summed E-state index contributed by atoms with van der Waals surface area (Å²) in [4.78, 5) is 0.531. The number of aryl methyl sites for hydroxylation is 1. The van der Waals surface area contributed by atoms with Gasteiger partial charge in [0.1, 0.15) is 0 Å². The smallest absolute Gasteiger partial charge is 0.415 e. The molecular weight excluding hydrogens is 251 g/mol. The van der Waals surface area contributed by atoms with Gasteiger partial charge < -0.3 is 4.18 Å². The number of rotatable bonds is 3. The molecule has 0 amide bonds. The summed E-state index contributed by atoms with van der Waals surface area (Å²) in [6, 6.07) is 8.09. The van der Waals surface area contributed by atoms with Crippen molar-refractivity contribution in [2.75, 3.05) is 0 Å². The predicted molar refractivity (Wildman–Crippen MR) is 57.9 cm³/mol. The standard InChI is InChI=1S/C11H8F3NOS/c1-8-2-4-9(5-3-8)17-16-10(6-7-15)11(12,13)14/h2-6H,1H3/b10-6-. The fourth-order valence-electron chi connectivity index (χ4n) is 0.899. The Labute approximate surface area is 101 Å². The molecule has 2 nitrogen and oxygen atoms in total. The monoisotopic (exact) mass is 259 g/mol. The number of alkyl halides is 3. The topological polar surface area (TPSA) is 33.0 Å². The Kier molecular flexibility index (Phi) is 4.46. The number of allylic oxidation sites excluding steroid dienone is 2. The third kappa shape index (κ3) is 4.41. The van der Waals surface area contributed by atoms with Crippen LogP contribution in [0.2, 0.25) is 0 Å². The van der Waals surface area contributed by atoms with Crippen molar-refractivity contribution in [2.45, 2.75) is 18.0 Å². The number of hydrogen-bond donors (Lipinski definition) is 0. The van der Waals surface area contributed by atoms with Crippen LogP contribution in [0.3, 0.4) is 0 Å². The lowest BCUT2D eigenvalue weighted by Crippen LogP contribution is -2.12. The molecule has 0 atom stereocenters. The van der Waals surface area contributed by atoms with E-state index >= 15 is 0 Å². The summed E-state index contributed by atoms with van der Waals surface area (Å²) >= 11 is 0.565. The third-order valence-electron chi connectivity index (χ3n) is 1.72. The van der Waals surface area contributed by atoms with E-state index < -0.39 is 11.9 Å². The molecule has 0 saturated carbocycles. The Morgan fingerprint density at radius 1 is 1.35 bits per heavy atom. The second-order valence-corrected chi connectivity index (χ2v) is 3.92. The first kappa shape index (κ1) is 13.5. The van der Waals surface area contributed by atoms with Gasteiger partial charge in [0, 0.05) is 4.90 Å². The number of nitriles is 1. The van der Waals surface area contributed by atoms with E-state index in [0.29, 0.717) is 23.0 Å². The van der Waals surface area contributed by atoms with Crippen molar-refractivity contribution in [3.8, 4) is 6.07 Å². The van der Waals surface area contributed by atoms with Crippen LogP contribution in [-0.4, -0.2) is 6.18 Å². The zero-order valence-electron chi connectivity index (χ0n) is 8.78. The molecule has 90 valence electrons. The molecule has 0 aliphatic heterocycles. The first-order valence-corrected chi connectivity index (χ1v) is 5.26. The molecule has 0 fully saturated rings. The Hall–Kier alpha value is -1.61. The van der Waals surface area contributed by atoms with E-state index in [-0.39, 0.29) is 0 Å². The van der Waals surface area contributed by atoms with E-state index in [1.54, 1.807) is 24.3 Å². The molecule has 0 bridgehead atoms. The largest absolute Gasteiger partial charge is 0.451 e. The first-order valence-electron chi connectivity index (χ1n) is 4.51. The Morgan fingerprint density at radius 2 is 1.94 bits per heavy atom. The molecule has 0 aliphatic rings. The molecule has 0 N–H and O–H groups in total. The number of halogens is 3. The molecule has 0 unspecified atom stereocenters. The highest BCUT2D eigenvalue weighted by Crippen LogP contribution is 2.32. The summed E-state index contributed by atoms with van der Waals surface area (Å²) in [6.45, 7) is 1.87. The van der Waals surface area contributed by atoms with Crippen LogP contribution in [0.5, 0.6) is 0 Å². The predicted octanol–water partition coefficient (Wildman–Crippen LogP) is 3.99. The van der Waals surface area contributed by atoms with Crippen LogP contribution < -0.4 is 0 Å². The van der Waals surface area contributed by atoms with Crippen molar-refractivity contribution < 1.29 is 17.4 Å². The van der Waals surface area contributed by atoms with Gasteiger partial charge in [-0.15, -0.1) is 0 Å². The van der Waals surface area contributed by atoms with Crippen molar-refractivity contribution in [3.05, 3.63) is 41.7 Å². The zero-order valence-corrected chi connectivity index (χ0v) is 9.60. The molecule has 1 aromatic rings. The molecule has 1 aromatic carbocycles. The summed E-state index contributed by atoms with van der Waals surface area (Å²) in [5.41, 5.74) is 0.998. The van der Waals surface area contributed by atoms with E-state index in [1.807, 2.05) is 6.92 Å². The Balaban J connectivity index is 2.69. The lowest BCUT2D eigenvalue weighted by atomic mass is 10.2. The minimum absolute atomic E-state index is 0.335. The number of hydrogen-bond acceptors (Lipinski definition) is 3. The SMILES string of the molecule is Cc1ccc(SO/C(=C\C#N)C(F)(F)F)cc1. The van der Waals surface area contributed by atoms with Crippen LogP contribution in [0.15, 0.2) is 41.0 Å². The molecule has 6 heteroatoms. The fraction of sp³-hybridized carbons (Fsp3) is 0.182. The van der Waals surface area contributed by atoms with E-state index in [0.717, 1.165) is 5.56 Å². The second kappa shape index (κ2) is 5.64. The highest BCUT2D eigenvalue weighted by atomic mass is 32.2. The summed E-state index contributed by atoms with van der Waals surface area (Å²) in [7, 11) is 0. The summed E-state index contributed by atoms with van der Waals surface area (Å²) in [5.74, 6) is -1.31. The fourth-order valence-corrected chi connectivity index (χ4v) is 1.47. The van der Waals surface area contributed by atoms with E-state index in [4.69, 9.17) is 5.26 Å². The maximum Gasteiger partial charge on any atom is 0.451 e. The molecule has 17 heavy (non-hydrogen) atoms. The first-order chi connectivity index (χ1) is 7.93. The molecular formula is C11H8F3NOS. The maximum atomic E-state index is 12.3. The molecule has 1 rings (SSSR count). The minimum Gasteiger partial charge on any atom is -0.415 e. The second-order valence-electron chi connectivity index (χ2n) is 3.12. The van der Waals surface area contributed by atoms with Crippen LogP contribution >= 0.6 is 12.0 Å². The van der Waals surface area contributed by atoms with Crippen LogP contribution in [0.1, 0.15) is 5.56 Å². The number of benzene rings is 1. The zero-order chi connectivity index (χ0) is 12.9. The Morgan fingerprint density at radius 3 is 2.41 bits per heavy atom. The van der Waals surface area contributed by atoms with Crippen LogP contribution in [-0.2, 0) is 4.18 Å². The molecule has 0 radical (unpaired) electrons. The molecule has 0 aromatic heterocycles. The van der Waals surface area contributed by atoms with Gasteiger partial charge in [0.25, 0.3) is 0 Å². The van der Waals surface area contributed by atoms with Gasteiger partial charge in [-0.2, -0.15) is 18.4 Å². The van der Waals surface area contributed by atoms with Gasteiger partial charge in [-0.05, 0) is 19.1 Å². The van der Waals surface area contributed by atoms with Gasteiger partial charge in [0.15, 0.2) is 0 Å². The van der Waals surface area contributed by atoms with Crippen molar-refractivity contribution in [2.24, 2.45) is 0 Å². The van der Waals surface area contributed by atoms with E-state index in [9.17, 15) is 13.2 Å². The van der Waals surface area contributed by atoms with Gasteiger partial charge in [-0.3, -0.25) is 0 Å². The quantitative estimate of drug-likeness (QED) is 0.467. The van der Waals surface area contributed by atoms with Crippen LogP contribution in [0.25, 0.3) is 0 Å². The van der Waals surface area contributed by atoms with Gasteiger partial charge in [0.2, 0.25) is 5.76 Å². The van der Waals surface area contributed by atoms with Crippen LogP contribution in [0, 0.1) is 18.3 Å². The third-order valence-corrected chi connectivity index (χ3v) is 2.45. The lowest BCUT2D eigenvalue weighted by Gasteiger charge is -2.10. The molecule has 0 saturated heterocycles. The Bertz CT molecular complexity index is 445. The van der Waals surface area contributed by atoms with Crippen molar-refractivity contribution in [1.29, 1.82) is 5.26 Å². The number of nitrogens with zero attached hydrogens (tertiary/aromatic N) is 1. The van der Waals surface area contributed by atoms with Crippen molar-refractivity contribution in [1.82, 2.24) is 0 Å². The molecule has 0 aliphatic carbocycles. The van der Waals surface area contributed by atoms with Gasteiger partial charge in [-0.1, -0.05) is 17.7 Å². The van der Waals surface area contributed by atoms with Crippen molar-refractivity contribution >= 4 is 12.0 Å². The molecule has 0 spiro atoms. The van der Waals surface area contributed by atoms with Gasteiger partial charge in [-0.25, -0.2) is 0 Å². The van der Waals surface area contributed by atoms with Crippen LogP contribution in [0.4, 0.5) is 13.2 Å². The van der Waals surface area contributed by atoms with E-state index in [2.05, 4.69) is 4.18 Å². The highest BCUT2D eigenvalue weighted by Gasteiger charge is 2.36. The summed E-state index contributed by atoms with van der Waals surface area (Å²) in [6.07, 6.45) is -4.32. The average molecular weight is 259 g/mol. The molecule has 0 heterocycles. The van der Waals surface area contributed by atoms with Gasteiger partial charge >= 0.3 is 6.18 Å².